The van der Waals surface area contributed by atoms with Gasteiger partial charge in [0.2, 0.25) is 10.0 Å². The lowest BCUT2D eigenvalue weighted by atomic mass is 10.0. The molecule has 29 heavy (non-hydrogen) atoms. The Bertz CT molecular complexity index is 1180. The summed E-state index contributed by atoms with van der Waals surface area (Å²) < 4.78 is 30.0. The first kappa shape index (κ1) is 19.6. The zero-order valence-corrected chi connectivity index (χ0v) is 17.0. The summed E-state index contributed by atoms with van der Waals surface area (Å²) in [6.45, 7) is 2.96. The molecular weight excluding hydrogens is 390 g/mol. The van der Waals surface area contributed by atoms with Crippen LogP contribution in [0.4, 0.5) is 0 Å². The minimum Gasteiger partial charge on any atom is -0.481 e. The van der Waals surface area contributed by atoms with E-state index >= 15 is 0 Å². The van der Waals surface area contributed by atoms with E-state index in [1.807, 2.05) is 31.2 Å². The Kier molecular flexibility index (Phi) is 5.14. The number of benzene rings is 1. The molecule has 1 aromatic carbocycles. The van der Waals surface area contributed by atoms with Crippen molar-refractivity contribution >= 4 is 21.5 Å². The number of piperidine rings is 1. The van der Waals surface area contributed by atoms with Crippen molar-refractivity contribution < 1.29 is 18.3 Å². The van der Waals surface area contributed by atoms with Crippen LogP contribution in [-0.2, 0) is 21.2 Å². The molecule has 3 heterocycles. The number of nitrogens with zero attached hydrogens (tertiary/aromatic N) is 3. The van der Waals surface area contributed by atoms with Crippen LogP contribution >= 0.6 is 0 Å². The fourth-order valence-electron chi connectivity index (χ4n) is 3.82. The molecule has 0 spiro atoms. The van der Waals surface area contributed by atoms with Gasteiger partial charge >= 0.3 is 5.97 Å². The lowest BCUT2D eigenvalue weighted by molar-refractivity contribution is -0.136. The van der Waals surface area contributed by atoms with Crippen LogP contribution in [0.15, 0.2) is 47.6 Å². The predicted molar refractivity (Wildman–Crippen MR) is 109 cm³/mol. The number of aliphatic carboxylic acids is 1. The van der Waals surface area contributed by atoms with E-state index in [-0.39, 0.29) is 6.42 Å². The van der Waals surface area contributed by atoms with Crippen molar-refractivity contribution in [2.45, 2.75) is 37.5 Å². The van der Waals surface area contributed by atoms with E-state index < -0.39 is 16.0 Å². The molecule has 0 amide bonds. The Morgan fingerprint density at radius 3 is 2.62 bits per heavy atom. The van der Waals surface area contributed by atoms with Gasteiger partial charge in [0.1, 0.15) is 0 Å². The van der Waals surface area contributed by atoms with Crippen molar-refractivity contribution in [2.24, 2.45) is 0 Å². The molecule has 1 fully saturated rings. The molecule has 8 heteroatoms. The summed E-state index contributed by atoms with van der Waals surface area (Å²) in [4.78, 5) is 11.4. The minimum absolute atomic E-state index is 0.139. The van der Waals surface area contributed by atoms with Gasteiger partial charge in [-0.2, -0.15) is 9.40 Å². The molecule has 152 valence electrons. The molecule has 0 bridgehead atoms. The molecule has 1 aliphatic heterocycles. The van der Waals surface area contributed by atoms with Crippen LogP contribution in [0.2, 0.25) is 0 Å². The maximum absolute atomic E-state index is 13.4. The lowest BCUT2D eigenvalue weighted by Crippen LogP contribution is -2.35. The standard InChI is InChI=1S/C21H23N3O4S/c1-15-5-6-18(20(11-15)29(27,28)23-8-3-2-4-9-23)16-7-10-24-19(12-16)17(14-22-24)13-21(25)26/h5-7,10-12,14H,2-4,8-9,13H2,1H3,(H,25,26). The predicted octanol–water partition coefficient (Wildman–Crippen LogP) is 3.11. The van der Waals surface area contributed by atoms with Crippen molar-refractivity contribution in [2.75, 3.05) is 13.1 Å². The molecule has 1 aliphatic rings. The number of aryl methyl sites for hydroxylation is 1. The minimum atomic E-state index is -3.62. The summed E-state index contributed by atoms with van der Waals surface area (Å²) in [5.74, 6) is -0.936. The van der Waals surface area contributed by atoms with Crippen LogP contribution in [-0.4, -0.2) is 46.5 Å². The van der Waals surface area contributed by atoms with Crippen LogP contribution < -0.4 is 0 Å². The number of aromatic nitrogens is 2. The molecule has 4 rings (SSSR count). The highest BCUT2D eigenvalue weighted by molar-refractivity contribution is 7.89. The maximum atomic E-state index is 13.4. The number of carbonyl (C=O) groups is 1. The maximum Gasteiger partial charge on any atom is 0.307 e. The van der Waals surface area contributed by atoms with Gasteiger partial charge in [-0.05, 0) is 49.1 Å². The van der Waals surface area contributed by atoms with Gasteiger partial charge in [0, 0.05) is 30.4 Å². The summed E-state index contributed by atoms with van der Waals surface area (Å²) in [7, 11) is -3.62. The zero-order chi connectivity index (χ0) is 20.6. The Morgan fingerprint density at radius 2 is 1.90 bits per heavy atom. The first-order valence-electron chi connectivity index (χ1n) is 9.65. The van der Waals surface area contributed by atoms with E-state index in [9.17, 15) is 13.2 Å². The van der Waals surface area contributed by atoms with Gasteiger partial charge in [-0.15, -0.1) is 0 Å². The third-order valence-corrected chi connectivity index (χ3v) is 7.26. The molecule has 2 aromatic heterocycles. The van der Waals surface area contributed by atoms with Gasteiger partial charge in [0.05, 0.1) is 23.0 Å². The largest absolute Gasteiger partial charge is 0.481 e. The van der Waals surface area contributed by atoms with E-state index in [1.54, 1.807) is 21.1 Å². The number of fused-ring (bicyclic) bond motifs is 1. The van der Waals surface area contributed by atoms with E-state index in [1.165, 1.54) is 6.20 Å². The van der Waals surface area contributed by atoms with Crippen LogP contribution in [0.25, 0.3) is 16.6 Å². The van der Waals surface area contributed by atoms with E-state index in [4.69, 9.17) is 5.11 Å². The molecule has 1 N–H and O–H groups in total. The van der Waals surface area contributed by atoms with Gasteiger partial charge in [0.15, 0.2) is 0 Å². The summed E-state index contributed by atoms with van der Waals surface area (Å²) in [5, 5.41) is 13.3. The van der Waals surface area contributed by atoms with Gasteiger partial charge in [0.25, 0.3) is 0 Å². The first-order chi connectivity index (χ1) is 13.9. The smallest absolute Gasteiger partial charge is 0.307 e. The van der Waals surface area contributed by atoms with Crippen molar-refractivity contribution in [1.29, 1.82) is 0 Å². The lowest BCUT2D eigenvalue weighted by Gasteiger charge is -2.27. The number of pyridine rings is 1. The van der Waals surface area contributed by atoms with Crippen LogP contribution in [0.5, 0.6) is 0 Å². The van der Waals surface area contributed by atoms with Crippen LogP contribution in [0.3, 0.4) is 0 Å². The van der Waals surface area contributed by atoms with E-state index in [0.29, 0.717) is 34.6 Å². The zero-order valence-electron chi connectivity index (χ0n) is 16.2. The topological polar surface area (TPSA) is 92.0 Å². The van der Waals surface area contributed by atoms with Crippen molar-refractivity contribution in [1.82, 2.24) is 13.9 Å². The van der Waals surface area contributed by atoms with Gasteiger partial charge in [-0.25, -0.2) is 12.9 Å². The van der Waals surface area contributed by atoms with E-state index in [0.717, 1.165) is 30.4 Å². The third kappa shape index (κ3) is 3.77. The molecule has 0 unspecified atom stereocenters. The third-order valence-electron chi connectivity index (χ3n) is 5.32. The second-order valence-corrected chi connectivity index (χ2v) is 9.36. The molecule has 0 radical (unpaired) electrons. The number of carboxylic acid groups (broad SMARTS) is 1. The highest BCUT2D eigenvalue weighted by atomic mass is 32.2. The number of carboxylic acids is 1. The normalized spacial score (nSPS) is 15.6. The summed E-state index contributed by atoms with van der Waals surface area (Å²) >= 11 is 0. The van der Waals surface area contributed by atoms with Gasteiger partial charge < -0.3 is 5.11 Å². The SMILES string of the molecule is Cc1ccc(-c2ccn3ncc(CC(=O)O)c3c2)c(S(=O)(=O)N2CCCCC2)c1. The molecule has 1 saturated heterocycles. The van der Waals surface area contributed by atoms with Crippen molar-refractivity contribution in [3.05, 3.63) is 53.9 Å². The monoisotopic (exact) mass is 413 g/mol. The second-order valence-electron chi connectivity index (χ2n) is 7.45. The van der Waals surface area contributed by atoms with Crippen LogP contribution in [0.1, 0.15) is 30.4 Å². The average Bonchev–Trinajstić information content (AvgIpc) is 3.10. The summed E-state index contributed by atoms with van der Waals surface area (Å²) in [6, 6.07) is 9.06. The quantitative estimate of drug-likeness (QED) is 0.694. The molecule has 3 aromatic rings. The fourth-order valence-corrected chi connectivity index (χ4v) is 5.64. The van der Waals surface area contributed by atoms with E-state index in [2.05, 4.69) is 5.10 Å². The number of sulfonamides is 1. The second kappa shape index (κ2) is 7.61. The molecule has 0 aliphatic carbocycles. The number of hydrogen-bond donors (Lipinski definition) is 1. The highest BCUT2D eigenvalue weighted by Gasteiger charge is 2.28. The van der Waals surface area contributed by atoms with Crippen molar-refractivity contribution in [3.63, 3.8) is 0 Å². The fraction of sp³-hybridized carbons (Fsp3) is 0.333. The van der Waals surface area contributed by atoms with Crippen molar-refractivity contribution in [3.8, 4) is 11.1 Å². The first-order valence-corrected chi connectivity index (χ1v) is 11.1. The molecule has 0 saturated carbocycles. The van der Waals surface area contributed by atoms with Gasteiger partial charge in [-0.3, -0.25) is 4.79 Å². The Balaban J connectivity index is 1.84. The van der Waals surface area contributed by atoms with Crippen LogP contribution in [0, 0.1) is 6.92 Å². The molecule has 7 nitrogen and oxygen atoms in total. The number of hydrogen-bond acceptors (Lipinski definition) is 4. The molecule has 0 atom stereocenters. The highest BCUT2D eigenvalue weighted by Crippen LogP contribution is 2.32. The van der Waals surface area contributed by atoms with Gasteiger partial charge in [-0.1, -0.05) is 18.6 Å². The Morgan fingerprint density at radius 1 is 1.14 bits per heavy atom. The summed E-state index contributed by atoms with van der Waals surface area (Å²) in [5.41, 5.74) is 3.46. The Hall–Kier alpha value is -2.71. The summed E-state index contributed by atoms with van der Waals surface area (Å²) in [6.07, 6.45) is 5.93. The number of rotatable bonds is 5. The average molecular weight is 413 g/mol. The Labute approximate surface area is 169 Å². The molecular formula is C21H23N3O4S.